The van der Waals surface area contributed by atoms with Gasteiger partial charge >= 0.3 is 0 Å². The Morgan fingerprint density at radius 1 is 1.10 bits per heavy atom. The van der Waals surface area contributed by atoms with E-state index in [0.29, 0.717) is 55.2 Å². The van der Waals surface area contributed by atoms with Gasteiger partial charge in [0.25, 0.3) is 5.91 Å². The summed E-state index contributed by atoms with van der Waals surface area (Å²) in [5.74, 6) is -0.610. The Bertz CT molecular complexity index is 1140. The van der Waals surface area contributed by atoms with Gasteiger partial charge in [0, 0.05) is 44.3 Å². The van der Waals surface area contributed by atoms with Crippen LogP contribution in [0.15, 0.2) is 47.3 Å². The minimum absolute atomic E-state index is 0.0707. The summed E-state index contributed by atoms with van der Waals surface area (Å²) in [6.45, 7) is 5.48. The minimum atomic E-state index is -0.393. The molecule has 1 amide bonds. The van der Waals surface area contributed by atoms with Crippen LogP contribution >= 0.6 is 11.6 Å². The van der Waals surface area contributed by atoms with E-state index in [-0.39, 0.29) is 17.4 Å². The van der Waals surface area contributed by atoms with Gasteiger partial charge in [-0.05, 0) is 42.8 Å². The molecule has 0 spiro atoms. The van der Waals surface area contributed by atoms with Crippen LogP contribution in [0.1, 0.15) is 23.0 Å². The zero-order valence-corrected chi connectivity index (χ0v) is 17.4. The van der Waals surface area contributed by atoms with E-state index in [4.69, 9.17) is 11.6 Å². The van der Waals surface area contributed by atoms with E-state index >= 15 is 0 Å². The largest absolute Gasteiger partial charge is 0.335 e. The number of rotatable bonds is 4. The molecule has 0 bridgehead atoms. The molecule has 3 aromatic rings. The maximum absolute atomic E-state index is 13.1. The van der Waals surface area contributed by atoms with Crippen LogP contribution in [-0.2, 0) is 13.1 Å². The second-order valence-electron chi connectivity index (χ2n) is 7.35. The van der Waals surface area contributed by atoms with Crippen molar-refractivity contribution in [3.63, 3.8) is 0 Å². The second kappa shape index (κ2) is 8.53. The van der Waals surface area contributed by atoms with Crippen LogP contribution < -0.4 is 5.43 Å². The number of amides is 1. The van der Waals surface area contributed by atoms with Crippen LogP contribution in [0.5, 0.6) is 0 Å². The maximum Gasteiger partial charge on any atom is 0.278 e. The fourth-order valence-electron chi connectivity index (χ4n) is 3.75. The summed E-state index contributed by atoms with van der Waals surface area (Å²) in [6.07, 6.45) is 0. The van der Waals surface area contributed by atoms with E-state index in [0.717, 1.165) is 5.56 Å². The predicted octanol–water partition coefficient (Wildman–Crippen LogP) is 3.17. The van der Waals surface area contributed by atoms with E-state index < -0.39 is 5.43 Å². The quantitative estimate of drug-likeness (QED) is 0.640. The molecule has 1 saturated heterocycles. The van der Waals surface area contributed by atoms with Gasteiger partial charge in [0.2, 0.25) is 5.43 Å². The smallest absolute Gasteiger partial charge is 0.278 e. The first kappa shape index (κ1) is 20.5. The molecule has 0 aliphatic carbocycles. The number of carbonyl (C=O) groups excluding carboxylic acids is 1. The lowest BCUT2D eigenvalue weighted by Crippen LogP contribution is -2.49. The van der Waals surface area contributed by atoms with Crippen LogP contribution in [0.4, 0.5) is 4.39 Å². The van der Waals surface area contributed by atoms with Crippen LogP contribution in [0.25, 0.3) is 10.9 Å². The number of nitrogens with zero attached hydrogens (tertiary/aromatic N) is 4. The maximum atomic E-state index is 13.1. The monoisotopic (exact) mass is 428 g/mol. The number of fused-ring (bicyclic) bond motifs is 1. The Morgan fingerprint density at radius 2 is 1.80 bits per heavy atom. The molecule has 0 atom stereocenters. The first-order chi connectivity index (χ1) is 14.5. The number of hydrogen-bond acceptors (Lipinski definition) is 4. The summed E-state index contributed by atoms with van der Waals surface area (Å²) in [7, 11) is 0. The Hall–Kier alpha value is -2.77. The SMILES string of the molecule is CCn1nc(C(=O)N2CCN(Cc3ccc(F)cc3)CC2)c(=O)c2cc(Cl)ccc21. The molecule has 8 heteroatoms. The molecule has 4 rings (SSSR count). The van der Waals surface area contributed by atoms with Gasteiger partial charge in [0.05, 0.1) is 10.9 Å². The van der Waals surface area contributed by atoms with Crippen molar-refractivity contribution in [2.75, 3.05) is 26.2 Å². The van der Waals surface area contributed by atoms with Crippen molar-refractivity contribution in [2.45, 2.75) is 20.0 Å². The summed E-state index contributed by atoms with van der Waals surface area (Å²) >= 11 is 6.07. The van der Waals surface area contributed by atoms with Gasteiger partial charge < -0.3 is 4.90 Å². The molecule has 1 aliphatic rings. The molecule has 0 radical (unpaired) electrons. The standard InChI is InChI=1S/C22H22ClFN4O2/c1-2-28-19-8-5-16(23)13-18(19)21(29)20(25-28)22(30)27-11-9-26(10-12-27)14-15-3-6-17(24)7-4-15/h3-8,13H,2,9-12,14H2,1H3. The van der Waals surface area contributed by atoms with E-state index in [1.165, 1.54) is 12.1 Å². The third-order valence-electron chi connectivity index (χ3n) is 5.40. The highest BCUT2D eigenvalue weighted by Crippen LogP contribution is 2.17. The van der Waals surface area contributed by atoms with E-state index in [2.05, 4.69) is 10.00 Å². The van der Waals surface area contributed by atoms with Gasteiger partial charge in [-0.2, -0.15) is 5.10 Å². The summed E-state index contributed by atoms with van der Waals surface area (Å²) in [5, 5.41) is 5.19. The summed E-state index contributed by atoms with van der Waals surface area (Å²) in [5.41, 5.74) is 1.22. The third-order valence-corrected chi connectivity index (χ3v) is 5.63. The van der Waals surface area contributed by atoms with Crippen LogP contribution in [0.3, 0.4) is 0 Å². The first-order valence-corrected chi connectivity index (χ1v) is 10.3. The number of aryl methyl sites for hydroxylation is 1. The topological polar surface area (TPSA) is 58.4 Å². The number of carbonyl (C=O) groups is 1. The van der Waals surface area contributed by atoms with E-state index in [1.54, 1.807) is 39.9 Å². The van der Waals surface area contributed by atoms with Crippen molar-refractivity contribution in [1.82, 2.24) is 19.6 Å². The van der Waals surface area contributed by atoms with Crippen LogP contribution in [-0.4, -0.2) is 51.7 Å². The van der Waals surface area contributed by atoms with Gasteiger partial charge in [-0.1, -0.05) is 23.7 Å². The molecule has 2 aromatic carbocycles. The lowest BCUT2D eigenvalue weighted by Gasteiger charge is -2.34. The molecule has 156 valence electrons. The number of aromatic nitrogens is 2. The molecule has 30 heavy (non-hydrogen) atoms. The average molecular weight is 429 g/mol. The van der Waals surface area contributed by atoms with Crippen LogP contribution in [0, 0.1) is 5.82 Å². The molecule has 0 N–H and O–H groups in total. The molecule has 2 heterocycles. The lowest BCUT2D eigenvalue weighted by atomic mass is 10.1. The van der Waals surface area contributed by atoms with Crippen molar-refractivity contribution in [3.8, 4) is 0 Å². The normalized spacial score (nSPS) is 15.0. The average Bonchev–Trinajstić information content (AvgIpc) is 2.76. The van der Waals surface area contributed by atoms with E-state index in [1.807, 2.05) is 6.92 Å². The molecular formula is C22H22ClFN4O2. The van der Waals surface area contributed by atoms with Gasteiger partial charge in [-0.3, -0.25) is 19.2 Å². The Labute approximate surface area is 178 Å². The number of benzene rings is 2. The molecule has 1 aromatic heterocycles. The summed E-state index contributed by atoms with van der Waals surface area (Å²) in [4.78, 5) is 29.9. The summed E-state index contributed by atoms with van der Waals surface area (Å²) in [6, 6.07) is 11.5. The summed E-state index contributed by atoms with van der Waals surface area (Å²) < 4.78 is 14.7. The molecule has 6 nitrogen and oxygen atoms in total. The second-order valence-corrected chi connectivity index (χ2v) is 7.79. The zero-order chi connectivity index (χ0) is 21.3. The van der Waals surface area contributed by atoms with Gasteiger partial charge in [-0.25, -0.2) is 4.39 Å². The van der Waals surface area contributed by atoms with Crippen LogP contribution in [0.2, 0.25) is 5.02 Å². The lowest BCUT2D eigenvalue weighted by molar-refractivity contribution is 0.0619. The molecule has 0 saturated carbocycles. The Balaban J connectivity index is 1.51. The van der Waals surface area contributed by atoms with Crippen molar-refractivity contribution in [1.29, 1.82) is 0 Å². The number of piperazine rings is 1. The Morgan fingerprint density at radius 3 is 2.47 bits per heavy atom. The fraction of sp³-hybridized carbons (Fsp3) is 0.318. The highest BCUT2D eigenvalue weighted by molar-refractivity contribution is 6.31. The Kier molecular flexibility index (Phi) is 5.83. The highest BCUT2D eigenvalue weighted by atomic mass is 35.5. The zero-order valence-electron chi connectivity index (χ0n) is 16.6. The van der Waals surface area contributed by atoms with Gasteiger partial charge in [0.1, 0.15) is 5.82 Å². The van der Waals surface area contributed by atoms with Crippen molar-refractivity contribution >= 4 is 28.4 Å². The van der Waals surface area contributed by atoms with Gasteiger partial charge in [-0.15, -0.1) is 0 Å². The highest BCUT2D eigenvalue weighted by Gasteiger charge is 2.26. The number of halogens is 2. The molecular weight excluding hydrogens is 407 g/mol. The van der Waals surface area contributed by atoms with E-state index in [9.17, 15) is 14.0 Å². The predicted molar refractivity (Wildman–Crippen MR) is 114 cm³/mol. The van der Waals surface area contributed by atoms with Crippen molar-refractivity contribution in [2.24, 2.45) is 0 Å². The van der Waals surface area contributed by atoms with Crippen molar-refractivity contribution < 1.29 is 9.18 Å². The number of hydrogen-bond donors (Lipinski definition) is 0. The fourth-order valence-corrected chi connectivity index (χ4v) is 3.92. The third kappa shape index (κ3) is 4.08. The molecule has 0 unspecified atom stereocenters. The van der Waals surface area contributed by atoms with Gasteiger partial charge in [0.15, 0.2) is 5.69 Å². The molecule has 1 fully saturated rings. The minimum Gasteiger partial charge on any atom is -0.335 e. The molecule has 1 aliphatic heterocycles. The first-order valence-electron chi connectivity index (χ1n) is 9.92. The van der Waals surface area contributed by atoms with Crippen molar-refractivity contribution in [3.05, 3.63) is 74.8 Å².